The fraction of sp³-hybridized carbons (Fsp3) is 1.00. The van der Waals surface area contributed by atoms with E-state index in [-0.39, 0.29) is 12.6 Å². The number of likely N-dealkylation sites (N-methyl/N-ethyl adjacent to an activating group) is 1. The van der Waals surface area contributed by atoms with E-state index in [2.05, 4.69) is 45.0 Å². The van der Waals surface area contributed by atoms with Gasteiger partial charge in [-0.25, -0.2) is 0 Å². The third-order valence-electron chi connectivity index (χ3n) is 2.41. The van der Waals surface area contributed by atoms with Gasteiger partial charge in [0.2, 0.25) is 0 Å². The Balaban J connectivity index is 3.74. The summed E-state index contributed by atoms with van der Waals surface area (Å²) >= 11 is 0. The maximum absolute atomic E-state index is 9.21. The topological polar surface area (TPSA) is 35.5 Å². The molecule has 0 rings (SSSR count). The lowest BCUT2D eigenvalue weighted by Gasteiger charge is -2.25. The SMILES string of the molecule is CC(C)CCN(C)CC(CO)NC(C)C. The number of nitrogens with one attached hydrogen (secondary N) is 1. The molecule has 0 bridgehead atoms. The van der Waals surface area contributed by atoms with Gasteiger partial charge in [-0.1, -0.05) is 27.7 Å². The van der Waals surface area contributed by atoms with Crippen LogP contribution in [-0.2, 0) is 0 Å². The predicted octanol–water partition coefficient (Wildman–Crippen LogP) is 1.32. The van der Waals surface area contributed by atoms with Crippen LogP contribution in [-0.4, -0.2) is 48.8 Å². The molecule has 3 heteroatoms. The fourth-order valence-corrected chi connectivity index (χ4v) is 1.58. The summed E-state index contributed by atoms with van der Waals surface area (Å²) in [6.45, 7) is 10.9. The van der Waals surface area contributed by atoms with Crippen LogP contribution in [0.25, 0.3) is 0 Å². The van der Waals surface area contributed by atoms with Crippen molar-refractivity contribution in [3.63, 3.8) is 0 Å². The molecule has 92 valence electrons. The first-order chi connectivity index (χ1) is 6.95. The number of hydrogen-bond acceptors (Lipinski definition) is 3. The van der Waals surface area contributed by atoms with Gasteiger partial charge in [0.25, 0.3) is 0 Å². The smallest absolute Gasteiger partial charge is 0.0597 e. The largest absolute Gasteiger partial charge is 0.395 e. The summed E-state index contributed by atoms with van der Waals surface area (Å²) in [6, 6.07) is 0.628. The molecule has 0 aliphatic rings. The molecule has 0 fully saturated rings. The van der Waals surface area contributed by atoms with Crippen molar-refractivity contribution in [1.82, 2.24) is 10.2 Å². The van der Waals surface area contributed by atoms with Gasteiger partial charge >= 0.3 is 0 Å². The normalized spacial score (nSPS) is 14.2. The lowest BCUT2D eigenvalue weighted by atomic mass is 10.1. The van der Waals surface area contributed by atoms with Crippen molar-refractivity contribution in [3.8, 4) is 0 Å². The van der Waals surface area contributed by atoms with E-state index in [0.717, 1.165) is 19.0 Å². The van der Waals surface area contributed by atoms with Gasteiger partial charge in [0.15, 0.2) is 0 Å². The Hall–Kier alpha value is -0.120. The molecule has 0 spiro atoms. The molecule has 3 nitrogen and oxygen atoms in total. The molecule has 15 heavy (non-hydrogen) atoms. The number of aliphatic hydroxyl groups excluding tert-OH is 1. The lowest BCUT2D eigenvalue weighted by molar-refractivity contribution is 0.188. The van der Waals surface area contributed by atoms with Gasteiger partial charge in [0.1, 0.15) is 0 Å². The van der Waals surface area contributed by atoms with E-state index < -0.39 is 0 Å². The molecule has 0 radical (unpaired) electrons. The molecule has 0 aliphatic carbocycles. The molecule has 1 unspecified atom stereocenters. The molecule has 0 heterocycles. The van der Waals surface area contributed by atoms with E-state index in [1.165, 1.54) is 6.42 Å². The number of hydrogen-bond donors (Lipinski definition) is 2. The molecule has 1 atom stereocenters. The number of nitrogens with zero attached hydrogens (tertiary/aromatic N) is 1. The van der Waals surface area contributed by atoms with Gasteiger partial charge in [-0.2, -0.15) is 0 Å². The van der Waals surface area contributed by atoms with Gasteiger partial charge in [0, 0.05) is 18.6 Å². The summed E-state index contributed by atoms with van der Waals surface area (Å²) in [7, 11) is 2.12. The second-order valence-electron chi connectivity index (χ2n) is 5.15. The highest BCUT2D eigenvalue weighted by atomic mass is 16.3. The third-order valence-corrected chi connectivity index (χ3v) is 2.41. The Morgan fingerprint density at radius 2 is 1.80 bits per heavy atom. The molecular weight excluding hydrogens is 188 g/mol. The minimum absolute atomic E-state index is 0.196. The zero-order valence-electron chi connectivity index (χ0n) is 11.0. The molecule has 0 saturated heterocycles. The number of rotatable bonds is 8. The van der Waals surface area contributed by atoms with Crippen molar-refractivity contribution in [2.75, 3.05) is 26.7 Å². The molecule has 0 saturated carbocycles. The van der Waals surface area contributed by atoms with Crippen LogP contribution >= 0.6 is 0 Å². The molecular formula is C12H28N2O. The molecule has 2 N–H and O–H groups in total. The maximum atomic E-state index is 9.21. The van der Waals surface area contributed by atoms with E-state index in [4.69, 9.17) is 0 Å². The van der Waals surface area contributed by atoms with Crippen LogP contribution in [0.3, 0.4) is 0 Å². The molecule has 0 aromatic heterocycles. The van der Waals surface area contributed by atoms with E-state index in [1.54, 1.807) is 0 Å². The van der Waals surface area contributed by atoms with Gasteiger partial charge in [-0.05, 0) is 25.9 Å². The van der Waals surface area contributed by atoms with Gasteiger partial charge in [-0.3, -0.25) is 0 Å². The first kappa shape index (κ1) is 14.9. The van der Waals surface area contributed by atoms with Gasteiger partial charge in [0.05, 0.1) is 6.61 Å². The Morgan fingerprint density at radius 3 is 2.20 bits per heavy atom. The second-order valence-corrected chi connectivity index (χ2v) is 5.15. The molecule has 0 aromatic carbocycles. The average molecular weight is 216 g/mol. The van der Waals surface area contributed by atoms with Crippen LogP contribution < -0.4 is 5.32 Å². The first-order valence-corrected chi connectivity index (χ1v) is 6.01. The zero-order chi connectivity index (χ0) is 11.8. The van der Waals surface area contributed by atoms with Crippen LogP contribution in [0.5, 0.6) is 0 Å². The highest BCUT2D eigenvalue weighted by Crippen LogP contribution is 2.01. The van der Waals surface area contributed by atoms with Crippen molar-refractivity contribution in [3.05, 3.63) is 0 Å². The van der Waals surface area contributed by atoms with Crippen LogP contribution in [0.15, 0.2) is 0 Å². The summed E-state index contributed by atoms with van der Waals surface area (Å²) in [5.74, 6) is 0.748. The highest BCUT2D eigenvalue weighted by molar-refractivity contribution is 4.71. The van der Waals surface area contributed by atoms with Crippen molar-refractivity contribution in [2.24, 2.45) is 5.92 Å². The fourth-order valence-electron chi connectivity index (χ4n) is 1.58. The first-order valence-electron chi connectivity index (χ1n) is 6.01. The highest BCUT2D eigenvalue weighted by Gasteiger charge is 2.11. The summed E-state index contributed by atoms with van der Waals surface area (Å²) < 4.78 is 0. The molecule has 0 aromatic rings. The van der Waals surface area contributed by atoms with Crippen molar-refractivity contribution in [1.29, 1.82) is 0 Å². The van der Waals surface area contributed by atoms with E-state index >= 15 is 0 Å². The van der Waals surface area contributed by atoms with E-state index in [9.17, 15) is 5.11 Å². The maximum Gasteiger partial charge on any atom is 0.0597 e. The zero-order valence-corrected chi connectivity index (χ0v) is 11.0. The quantitative estimate of drug-likeness (QED) is 0.642. The van der Waals surface area contributed by atoms with Crippen molar-refractivity contribution < 1.29 is 5.11 Å². The Kier molecular flexibility index (Phi) is 8.02. The molecule has 0 amide bonds. The van der Waals surface area contributed by atoms with Gasteiger partial charge < -0.3 is 15.3 Å². The number of aliphatic hydroxyl groups is 1. The Morgan fingerprint density at radius 1 is 1.20 bits per heavy atom. The van der Waals surface area contributed by atoms with E-state index in [0.29, 0.717) is 6.04 Å². The minimum Gasteiger partial charge on any atom is -0.395 e. The molecule has 0 aliphatic heterocycles. The van der Waals surface area contributed by atoms with Crippen LogP contribution in [0, 0.1) is 5.92 Å². The van der Waals surface area contributed by atoms with Crippen molar-refractivity contribution in [2.45, 2.75) is 46.2 Å². The average Bonchev–Trinajstić information content (AvgIpc) is 2.13. The summed E-state index contributed by atoms with van der Waals surface area (Å²) in [4.78, 5) is 2.29. The predicted molar refractivity (Wildman–Crippen MR) is 66.1 cm³/mol. The summed E-state index contributed by atoms with van der Waals surface area (Å²) in [5.41, 5.74) is 0. The van der Waals surface area contributed by atoms with Crippen LogP contribution in [0.1, 0.15) is 34.1 Å². The van der Waals surface area contributed by atoms with Gasteiger partial charge in [-0.15, -0.1) is 0 Å². The third kappa shape index (κ3) is 8.85. The Bertz CT molecular complexity index is 149. The standard InChI is InChI=1S/C12H28N2O/c1-10(2)6-7-14(5)8-12(9-15)13-11(3)4/h10-13,15H,6-9H2,1-5H3. The minimum atomic E-state index is 0.196. The van der Waals surface area contributed by atoms with Crippen molar-refractivity contribution >= 4 is 0 Å². The second kappa shape index (κ2) is 8.08. The van der Waals surface area contributed by atoms with E-state index in [1.807, 2.05) is 0 Å². The Labute approximate surface area is 94.9 Å². The lowest BCUT2D eigenvalue weighted by Crippen LogP contribution is -2.45. The summed E-state index contributed by atoms with van der Waals surface area (Å²) in [5, 5.41) is 12.6. The van der Waals surface area contributed by atoms with Crippen LogP contribution in [0.4, 0.5) is 0 Å². The summed E-state index contributed by atoms with van der Waals surface area (Å²) in [6.07, 6.45) is 1.22. The van der Waals surface area contributed by atoms with Crippen LogP contribution in [0.2, 0.25) is 0 Å². The monoisotopic (exact) mass is 216 g/mol.